The molecule has 0 aliphatic carbocycles. The number of nitrogens with one attached hydrogen (secondary N) is 1. The van der Waals surface area contributed by atoms with Gasteiger partial charge in [-0.05, 0) is 24.6 Å². The maximum atomic E-state index is 10.8. The molecule has 2 rings (SSSR count). The van der Waals surface area contributed by atoms with Crippen LogP contribution in [0.4, 0.5) is 5.69 Å². The molecule has 3 nitrogen and oxygen atoms in total. The molecule has 0 radical (unpaired) electrons. The molecule has 4 heteroatoms. The number of rotatable bonds is 1. The first-order valence-corrected chi connectivity index (χ1v) is 5.29. The molecule has 14 heavy (non-hydrogen) atoms. The third-order valence-electron chi connectivity index (χ3n) is 2.16. The molecule has 1 aromatic rings. The van der Waals surface area contributed by atoms with Gasteiger partial charge in [-0.25, -0.2) is 0 Å². The summed E-state index contributed by atoms with van der Waals surface area (Å²) in [4.78, 5) is 11.8. The van der Waals surface area contributed by atoms with E-state index in [1.807, 2.05) is 25.1 Å². The number of carboxylic acid groups (broad SMARTS) is 1. The SMILES string of the molecule is Cc1ccc2c(c1)NCC(C(=O)O)S2. The van der Waals surface area contributed by atoms with Crippen molar-refractivity contribution in [2.45, 2.75) is 17.1 Å². The van der Waals surface area contributed by atoms with Crippen LogP contribution in [0.5, 0.6) is 0 Å². The molecule has 2 N–H and O–H groups in total. The summed E-state index contributed by atoms with van der Waals surface area (Å²) in [6, 6.07) is 6.01. The van der Waals surface area contributed by atoms with Crippen molar-refractivity contribution in [3.8, 4) is 0 Å². The van der Waals surface area contributed by atoms with E-state index in [-0.39, 0.29) is 5.25 Å². The molecule has 0 saturated carbocycles. The molecule has 1 aliphatic rings. The van der Waals surface area contributed by atoms with Gasteiger partial charge in [0.1, 0.15) is 5.25 Å². The van der Waals surface area contributed by atoms with Crippen LogP contribution in [0.1, 0.15) is 5.56 Å². The van der Waals surface area contributed by atoms with Crippen molar-refractivity contribution in [1.29, 1.82) is 0 Å². The molecule has 0 saturated heterocycles. The molecule has 0 amide bonds. The highest BCUT2D eigenvalue weighted by Crippen LogP contribution is 2.35. The summed E-state index contributed by atoms with van der Waals surface area (Å²) in [5.74, 6) is -0.756. The highest BCUT2D eigenvalue weighted by atomic mass is 32.2. The number of carboxylic acids is 1. The van der Waals surface area contributed by atoms with Crippen molar-refractivity contribution >= 4 is 23.4 Å². The number of hydrogen-bond acceptors (Lipinski definition) is 3. The molecular weight excluding hydrogens is 198 g/mol. The molecule has 0 bridgehead atoms. The lowest BCUT2D eigenvalue weighted by atomic mass is 10.2. The Morgan fingerprint density at radius 3 is 3.14 bits per heavy atom. The second kappa shape index (κ2) is 3.53. The van der Waals surface area contributed by atoms with Gasteiger partial charge in [-0.3, -0.25) is 4.79 Å². The lowest BCUT2D eigenvalue weighted by Crippen LogP contribution is -2.28. The monoisotopic (exact) mass is 209 g/mol. The minimum atomic E-state index is -0.756. The summed E-state index contributed by atoms with van der Waals surface area (Å²) >= 11 is 1.41. The van der Waals surface area contributed by atoms with Crippen LogP contribution in [-0.2, 0) is 4.79 Å². The predicted molar refractivity (Wildman–Crippen MR) is 56.9 cm³/mol. The van der Waals surface area contributed by atoms with Crippen molar-refractivity contribution in [3.63, 3.8) is 0 Å². The van der Waals surface area contributed by atoms with E-state index in [1.54, 1.807) is 0 Å². The van der Waals surface area contributed by atoms with Gasteiger partial charge in [-0.1, -0.05) is 6.07 Å². The lowest BCUT2D eigenvalue weighted by molar-refractivity contribution is -0.136. The molecule has 0 spiro atoms. The van der Waals surface area contributed by atoms with Gasteiger partial charge in [0.05, 0.1) is 0 Å². The normalized spacial score (nSPS) is 19.6. The topological polar surface area (TPSA) is 49.3 Å². The van der Waals surface area contributed by atoms with Crippen molar-refractivity contribution in [3.05, 3.63) is 23.8 Å². The van der Waals surface area contributed by atoms with Crippen LogP contribution in [0.15, 0.2) is 23.1 Å². The van der Waals surface area contributed by atoms with E-state index >= 15 is 0 Å². The number of fused-ring (bicyclic) bond motifs is 1. The van der Waals surface area contributed by atoms with Gasteiger partial charge in [0.15, 0.2) is 0 Å². The summed E-state index contributed by atoms with van der Waals surface area (Å²) < 4.78 is 0. The van der Waals surface area contributed by atoms with E-state index < -0.39 is 5.97 Å². The summed E-state index contributed by atoms with van der Waals surface area (Å²) in [6.45, 7) is 2.52. The summed E-state index contributed by atoms with van der Waals surface area (Å²) in [5, 5.41) is 11.6. The largest absolute Gasteiger partial charge is 0.480 e. The van der Waals surface area contributed by atoms with Gasteiger partial charge in [-0.2, -0.15) is 0 Å². The maximum Gasteiger partial charge on any atom is 0.318 e. The molecule has 1 atom stereocenters. The Bertz CT molecular complexity index is 378. The van der Waals surface area contributed by atoms with Gasteiger partial charge in [0.25, 0.3) is 0 Å². The minimum absolute atomic E-state index is 0.370. The molecule has 1 aromatic carbocycles. The molecule has 74 valence electrons. The van der Waals surface area contributed by atoms with Crippen molar-refractivity contribution in [1.82, 2.24) is 0 Å². The Labute approximate surface area is 86.5 Å². The van der Waals surface area contributed by atoms with Crippen LogP contribution < -0.4 is 5.32 Å². The van der Waals surface area contributed by atoms with Gasteiger partial charge in [0, 0.05) is 17.1 Å². The fourth-order valence-electron chi connectivity index (χ4n) is 1.42. The maximum absolute atomic E-state index is 10.8. The number of aryl methyl sites for hydroxylation is 1. The molecule has 1 heterocycles. The smallest absolute Gasteiger partial charge is 0.318 e. The standard InChI is InChI=1S/C10H11NO2S/c1-6-2-3-8-7(4-6)11-5-9(14-8)10(12)13/h2-4,9,11H,5H2,1H3,(H,12,13). The number of carbonyl (C=O) groups is 1. The molecule has 1 unspecified atom stereocenters. The van der Waals surface area contributed by atoms with Crippen LogP contribution in [-0.4, -0.2) is 22.9 Å². The number of thioether (sulfide) groups is 1. The predicted octanol–water partition coefficient (Wildman–Crippen LogP) is 1.97. The molecule has 1 aliphatic heterocycles. The van der Waals surface area contributed by atoms with E-state index in [9.17, 15) is 4.79 Å². The van der Waals surface area contributed by atoms with Crippen molar-refractivity contribution in [2.24, 2.45) is 0 Å². The Morgan fingerprint density at radius 2 is 2.43 bits per heavy atom. The zero-order chi connectivity index (χ0) is 10.1. The van der Waals surface area contributed by atoms with Gasteiger partial charge >= 0.3 is 5.97 Å². The zero-order valence-electron chi connectivity index (χ0n) is 7.78. The van der Waals surface area contributed by atoms with Crippen molar-refractivity contribution in [2.75, 3.05) is 11.9 Å². The van der Waals surface area contributed by atoms with Crippen LogP contribution in [0.25, 0.3) is 0 Å². The second-order valence-corrected chi connectivity index (χ2v) is 4.57. The van der Waals surface area contributed by atoms with E-state index in [0.717, 1.165) is 10.6 Å². The number of aliphatic carboxylic acids is 1. The summed E-state index contributed by atoms with van der Waals surface area (Å²) in [7, 11) is 0. The number of hydrogen-bond donors (Lipinski definition) is 2. The fourth-order valence-corrected chi connectivity index (χ4v) is 2.40. The van der Waals surface area contributed by atoms with E-state index in [4.69, 9.17) is 5.11 Å². The number of benzene rings is 1. The van der Waals surface area contributed by atoms with Crippen LogP contribution in [0.2, 0.25) is 0 Å². The van der Waals surface area contributed by atoms with Gasteiger partial charge in [-0.15, -0.1) is 11.8 Å². The first kappa shape index (κ1) is 9.40. The fraction of sp³-hybridized carbons (Fsp3) is 0.300. The van der Waals surface area contributed by atoms with Gasteiger partial charge < -0.3 is 10.4 Å². The summed E-state index contributed by atoms with van der Waals surface area (Å²) in [5.41, 5.74) is 2.23. The highest BCUT2D eigenvalue weighted by Gasteiger charge is 2.24. The quantitative estimate of drug-likeness (QED) is 0.742. The minimum Gasteiger partial charge on any atom is -0.480 e. The first-order valence-electron chi connectivity index (χ1n) is 4.41. The Balaban J connectivity index is 2.27. The van der Waals surface area contributed by atoms with Crippen LogP contribution in [0.3, 0.4) is 0 Å². The van der Waals surface area contributed by atoms with E-state index in [0.29, 0.717) is 6.54 Å². The molecule has 0 aromatic heterocycles. The summed E-state index contributed by atoms with van der Waals surface area (Å²) in [6.07, 6.45) is 0. The van der Waals surface area contributed by atoms with Gasteiger partial charge in [0.2, 0.25) is 0 Å². The highest BCUT2D eigenvalue weighted by molar-refractivity contribution is 8.00. The number of anilines is 1. The van der Waals surface area contributed by atoms with E-state index in [1.165, 1.54) is 17.3 Å². The third kappa shape index (κ3) is 1.70. The average molecular weight is 209 g/mol. The molecular formula is C10H11NO2S. The first-order chi connectivity index (χ1) is 6.66. The van der Waals surface area contributed by atoms with Crippen LogP contribution >= 0.6 is 11.8 Å². The third-order valence-corrected chi connectivity index (χ3v) is 3.42. The van der Waals surface area contributed by atoms with E-state index in [2.05, 4.69) is 5.32 Å². The Kier molecular flexibility index (Phi) is 2.37. The lowest BCUT2D eigenvalue weighted by Gasteiger charge is -2.22. The van der Waals surface area contributed by atoms with Crippen molar-refractivity contribution < 1.29 is 9.90 Å². The molecule has 0 fully saturated rings. The average Bonchev–Trinajstić information content (AvgIpc) is 2.16. The van der Waals surface area contributed by atoms with Crippen LogP contribution in [0, 0.1) is 6.92 Å². The Morgan fingerprint density at radius 1 is 1.64 bits per heavy atom. The second-order valence-electron chi connectivity index (χ2n) is 3.33. The zero-order valence-corrected chi connectivity index (χ0v) is 8.60. The Hall–Kier alpha value is -1.16.